The van der Waals surface area contributed by atoms with Gasteiger partial charge in [0, 0.05) is 0 Å². The SMILES string of the molecule is Cc1cc(C)c(S(=O)(=O)Nc2cccc(-n3cnnc3SCC(=O)O)c2)c(C)c1. The van der Waals surface area contributed by atoms with Crippen LogP contribution in [0.3, 0.4) is 0 Å². The van der Waals surface area contributed by atoms with Crippen molar-refractivity contribution in [2.24, 2.45) is 0 Å². The first kappa shape index (κ1) is 20.9. The van der Waals surface area contributed by atoms with E-state index < -0.39 is 16.0 Å². The lowest BCUT2D eigenvalue weighted by molar-refractivity contribution is -0.133. The van der Waals surface area contributed by atoms with Gasteiger partial charge >= 0.3 is 5.97 Å². The Balaban J connectivity index is 1.92. The van der Waals surface area contributed by atoms with Crippen molar-refractivity contribution >= 4 is 33.4 Å². The minimum atomic E-state index is -3.78. The number of aryl methyl sites for hydroxylation is 3. The zero-order valence-corrected chi connectivity index (χ0v) is 17.7. The number of thioether (sulfide) groups is 1. The van der Waals surface area contributed by atoms with Crippen molar-refractivity contribution < 1.29 is 18.3 Å². The molecule has 0 fully saturated rings. The summed E-state index contributed by atoms with van der Waals surface area (Å²) in [5.41, 5.74) is 3.35. The maximum absolute atomic E-state index is 13.0. The van der Waals surface area contributed by atoms with E-state index in [1.807, 2.05) is 19.1 Å². The van der Waals surface area contributed by atoms with Crippen LogP contribution in [0.5, 0.6) is 0 Å². The number of aliphatic carboxylic acids is 1. The smallest absolute Gasteiger partial charge is 0.313 e. The summed E-state index contributed by atoms with van der Waals surface area (Å²) in [5.74, 6) is -1.12. The molecule has 2 N–H and O–H groups in total. The summed E-state index contributed by atoms with van der Waals surface area (Å²) >= 11 is 1.03. The first-order valence-electron chi connectivity index (χ1n) is 8.63. The second-order valence-electron chi connectivity index (χ2n) is 6.55. The molecule has 0 bridgehead atoms. The molecule has 0 saturated carbocycles. The summed E-state index contributed by atoms with van der Waals surface area (Å²) in [6.45, 7) is 5.47. The molecule has 8 nitrogen and oxygen atoms in total. The number of carboxylic acids is 1. The van der Waals surface area contributed by atoms with Crippen LogP contribution in [-0.2, 0) is 14.8 Å². The Hall–Kier alpha value is -2.85. The highest BCUT2D eigenvalue weighted by molar-refractivity contribution is 7.99. The Morgan fingerprint density at radius 1 is 1.17 bits per heavy atom. The van der Waals surface area contributed by atoms with Crippen LogP contribution in [0.15, 0.2) is 52.8 Å². The van der Waals surface area contributed by atoms with Gasteiger partial charge in [0.05, 0.1) is 22.0 Å². The number of aromatic nitrogens is 3. The highest BCUT2D eigenvalue weighted by Gasteiger charge is 2.20. The van der Waals surface area contributed by atoms with Gasteiger partial charge in [0.25, 0.3) is 10.0 Å². The van der Waals surface area contributed by atoms with Crippen LogP contribution >= 0.6 is 11.8 Å². The van der Waals surface area contributed by atoms with Crippen molar-refractivity contribution in [3.8, 4) is 5.69 Å². The van der Waals surface area contributed by atoms with E-state index in [-0.39, 0.29) is 10.6 Å². The number of benzene rings is 2. The lowest BCUT2D eigenvalue weighted by atomic mass is 10.1. The van der Waals surface area contributed by atoms with E-state index >= 15 is 0 Å². The van der Waals surface area contributed by atoms with Gasteiger partial charge in [0.1, 0.15) is 6.33 Å². The fourth-order valence-electron chi connectivity index (χ4n) is 3.14. The van der Waals surface area contributed by atoms with E-state index in [1.54, 1.807) is 42.7 Å². The second-order valence-corrected chi connectivity index (χ2v) is 9.11. The molecular formula is C19H20N4O4S2. The molecule has 0 atom stereocenters. The number of nitrogens with one attached hydrogen (secondary N) is 1. The molecule has 0 unspecified atom stereocenters. The summed E-state index contributed by atoms with van der Waals surface area (Å²) in [4.78, 5) is 11.1. The van der Waals surface area contributed by atoms with E-state index in [2.05, 4.69) is 14.9 Å². The number of sulfonamides is 1. The molecule has 3 rings (SSSR count). The average molecular weight is 433 g/mol. The van der Waals surface area contributed by atoms with E-state index in [4.69, 9.17) is 5.11 Å². The van der Waals surface area contributed by atoms with Crippen molar-refractivity contribution in [1.29, 1.82) is 0 Å². The molecule has 1 aromatic heterocycles. The topological polar surface area (TPSA) is 114 Å². The predicted molar refractivity (Wildman–Crippen MR) is 111 cm³/mol. The van der Waals surface area contributed by atoms with Crippen molar-refractivity contribution in [1.82, 2.24) is 14.8 Å². The van der Waals surface area contributed by atoms with Gasteiger partial charge in [0.2, 0.25) is 0 Å². The third-order valence-corrected chi connectivity index (χ3v) is 6.70. The Kier molecular flexibility index (Phi) is 5.94. The fourth-order valence-corrected chi connectivity index (χ4v) is 5.30. The highest BCUT2D eigenvalue weighted by Crippen LogP contribution is 2.26. The molecule has 152 valence electrons. The van der Waals surface area contributed by atoms with Gasteiger partial charge in [-0.1, -0.05) is 35.5 Å². The summed E-state index contributed by atoms with van der Waals surface area (Å²) in [6, 6.07) is 10.4. The number of nitrogens with zero attached hydrogens (tertiary/aromatic N) is 3. The van der Waals surface area contributed by atoms with Gasteiger partial charge in [-0.05, 0) is 50.1 Å². The predicted octanol–water partition coefficient (Wildman–Crippen LogP) is 3.17. The van der Waals surface area contributed by atoms with Crippen molar-refractivity contribution in [2.75, 3.05) is 10.5 Å². The molecule has 0 aliphatic carbocycles. The Morgan fingerprint density at radius 2 is 1.86 bits per heavy atom. The molecule has 1 heterocycles. The zero-order chi connectivity index (χ0) is 21.2. The minimum Gasteiger partial charge on any atom is -0.481 e. The van der Waals surface area contributed by atoms with Crippen molar-refractivity contribution in [2.45, 2.75) is 30.8 Å². The standard InChI is InChI=1S/C19H20N4O4S2/c1-12-7-13(2)18(14(3)8-12)29(26,27)22-15-5-4-6-16(9-15)23-11-20-21-19(23)28-10-17(24)25/h4-9,11,22H,10H2,1-3H3,(H,24,25). The first-order valence-corrected chi connectivity index (χ1v) is 11.1. The third-order valence-electron chi connectivity index (χ3n) is 4.09. The number of carbonyl (C=O) groups is 1. The van der Waals surface area contributed by atoms with Gasteiger partial charge in [-0.2, -0.15) is 0 Å². The Morgan fingerprint density at radius 3 is 2.52 bits per heavy atom. The van der Waals surface area contributed by atoms with Crippen LogP contribution in [0.25, 0.3) is 5.69 Å². The Bertz CT molecular complexity index is 1150. The molecule has 0 aliphatic heterocycles. The summed E-state index contributed by atoms with van der Waals surface area (Å²) in [5, 5.41) is 17.0. The lowest BCUT2D eigenvalue weighted by Gasteiger charge is -2.15. The van der Waals surface area contributed by atoms with Crippen molar-refractivity contribution in [3.05, 3.63) is 59.4 Å². The van der Waals surface area contributed by atoms with Crippen LogP contribution in [0, 0.1) is 20.8 Å². The van der Waals surface area contributed by atoms with E-state index in [1.165, 1.54) is 6.33 Å². The minimum absolute atomic E-state index is 0.156. The molecule has 10 heteroatoms. The number of carboxylic acid groups (broad SMARTS) is 1. The maximum Gasteiger partial charge on any atom is 0.313 e. The molecule has 3 aromatic rings. The van der Waals surface area contributed by atoms with E-state index in [0.717, 1.165) is 17.3 Å². The Labute approximate surface area is 173 Å². The van der Waals surface area contributed by atoms with Gasteiger partial charge in [-0.3, -0.25) is 14.1 Å². The average Bonchev–Trinajstić information content (AvgIpc) is 3.07. The fraction of sp³-hybridized carbons (Fsp3) is 0.211. The molecule has 0 saturated heterocycles. The van der Waals surface area contributed by atoms with Gasteiger partial charge in [-0.25, -0.2) is 8.42 Å². The monoisotopic (exact) mass is 432 g/mol. The number of hydrogen-bond donors (Lipinski definition) is 2. The van der Waals surface area contributed by atoms with Crippen LogP contribution < -0.4 is 4.72 Å². The third kappa shape index (κ3) is 4.77. The van der Waals surface area contributed by atoms with Gasteiger partial charge in [-0.15, -0.1) is 10.2 Å². The normalized spacial score (nSPS) is 11.4. The molecule has 2 aromatic carbocycles. The molecule has 0 spiro atoms. The zero-order valence-electron chi connectivity index (χ0n) is 16.1. The molecule has 29 heavy (non-hydrogen) atoms. The first-order chi connectivity index (χ1) is 13.7. The van der Waals surface area contributed by atoms with Crippen LogP contribution in [0.1, 0.15) is 16.7 Å². The number of hydrogen-bond acceptors (Lipinski definition) is 6. The quantitative estimate of drug-likeness (QED) is 0.551. The summed E-state index contributed by atoms with van der Waals surface area (Å²) in [6.07, 6.45) is 1.45. The summed E-state index contributed by atoms with van der Waals surface area (Å²) < 4.78 is 30.2. The number of anilines is 1. The van der Waals surface area contributed by atoms with E-state index in [0.29, 0.717) is 27.7 Å². The molecule has 0 amide bonds. The van der Waals surface area contributed by atoms with Gasteiger partial charge < -0.3 is 5.11 Å². The van der Waals surface area contributed by atoms with Crippen molar-refractivity contribution in [3.63, 3.8) is 0 Å². The molecule has 0 radical (unpaired) electrons. The van der Waals surface area contributed by atoms with E-state index in [9.17, 15) is 13.2 Å². The maximum atomic E-state index is 13.0. The molecular weight excluding hydrogens is 412 g/mol. The van der Waals surface area contributed by atoms with Crippen LogP contribution in [0.2, 0.25) is 0 Å². The lowest BCUT2D eigenvalue weighted by Crippen LogP contribution is -2.16. The molecule has 0 aliphatic rings. The summed E-state index contributed by atoms with van der Waals surface area (Å²) in [7, 11) is -3.78. The van der Waals surface area contributed by atoms with Crippen LogP contribution in [0.4, 0.5) is 5.69 Å². The van der Waals surface area contributed by atoms with Gasteiger partial charge in [0.15, 0.2) is 5.16 Å². The highest BCUT2D eigenvalue weighted by atomic mass is 32.2. The number of rotatable bonds is 7. The second kappa shape index (κ2) is 8.26. The van der Waals surface area contributed by atoms with Crippen LogP contribution in [-0.4, -0.2) is 40.0 Å². The largest absolute Gasteiger partial charge is 0.481 e.